The Bertz CT molecular complexity index is 772. The molecule has 1 atom stereocenters. The van der Waals surface area contributed by atoms with Crippen molar-refractivity contribution < 1.29 is 14.7 Å². The summed E-state index contributed by atoms with van der Waals surface area (Å²) in [5, 5.41) is 12.8. The Morgan fingerprint density at radius 3 is 2.30 bits per heavy atom. The number of carbonyl (C=O) groups excluding carboxylic acids is 1. The first-order valence-corrected chi connectivity index (χ1v) is 9.50. The molecule has 1 fully saturated rings. The number of benzene rings is 2. The summed E-state index contributed by atoms with van der Waals surface area (Å²) in [6, 6.07) is 16.6. The highest BCUT2D eigenvalue weighted by atomic mass is 35.5. The summed E-state index contributed by atoms with van der Waals surface area (Å²) in [4.78, 5) is 25.2. The van der Waals surface area contributed by atoms with Crippen LogP contribution >= 0.6 is 11.6 Å². The second-order valence-corrected chi connectivity index (χ2v) is 7.33. The van der Waals surface area contributed by atoms with Gasteiger partial charge in [-0.15, -0.1) is 0 Å². The summed E-state index contributed by atoms with van der Waals surface area (Å²) in [6.07, 6.45) is 1.56. The number of rotatable bonds is 5. The molecule has 0 aromatic heterocycles. The van der Waals surface area contributed by atoms with E-state index in [1.807, 2.05) is 30.3 Å². The van der Waals surface area contributed by atoms with E-state index in [0.29, 0.717) is 29.6 Å². The van der Waals surface area contributed by atoms with Gasteiger partial charge in [0.1, 0.15) is 0 Å². The minimum absolute atomic E-state index is 0.115. The summed E-state index contributed by atoms with van der Waals surface area (Å²) in [5.74, 6) is 0.236. The normalized spacial score (nSPS) is 16.0. The molecule has 1 unspecified atom stereocenters. The zero-order chi connectivity index (χ0) is 19.2. The average molecular weight is 387 g/mol. The van der Waals surface area contributed by atoms with E-state index in [1.165, 1.54) is 4.90 Å². The molecule has 1 heterocycles. The zero-order valence-corrected chi connectivity index (χ0v) is 15.7. The number of hydrogen-bond donors (Lipinski definition) is 2. The topological polar surface area (TPSA) is 69.6 Å². The molecule has 6 heteroatoms. The Hall–Kier alpha value is -2.53. The van der Waals surface area contributed by atoms with Crippen LogP contribution in [0.2, 0.25) is 5.02 Å². The predicted octanol–water partition coefficient (Wildman–Crippen LogP) is 4.59. The van der Waals surface area contributed by atoms with Crippen LogP contribution in [0, 0.1) is 5.92 Å². The number of carbonyl (C=O) groups is 2. The summed E-state index contributed by atoms with van der Waals surface area (Å²) in [6.45, 7) is 1.10. The van der Waals surface area contributed by atoms with Crippen molar-refractivity contribution in [2.45, 2.75) is 25.3 Å². The third-order valence-corrected chi connectivity index (χ3v) is 5.32. The highest BCUT2D eigenvalue weighted by Crippen LogP contribution is 2.29. The number of nitrogens with zero attached hydrogens (tertiary/aromatic N) is 1. The van der Waals surface area contributed by atoms with Gasteiger partial charge in [0.25, 0.3) is 5.91 Å². The molecule has 0 spiro atoms. The molecule has 27 heavy (non-hydrogen) atoms. The van der Waals surface area contributed by atoms with E-state index in [9.17, 15) is 9.59 Å². The lowest BCUT2D eigenvalue weighted by Crippen LogP contribution is -2.39. The monoisotopic (exact) mass is 386 g/mol. The van der Waals surface area contributed by atoms with Gasteiger partial charge in [0.2, 0.25) is 0 Å². The maximum Gasteiger partial charge on any atom is 0.407 e. The predicted molar refractivity (Wildman–Crippen MR) is 105 cm³/mol. The van der Waals surface area contributed by atoms with Gasteiger partial charge < -0.3 is 15.3 Å². The molecule has 1 aliphatic rings. The molecule has 5 nitrogen and oxygen atoms in total. The van der Waals surface area contributed by atoms with Gasteiger partial charge in [0.15, 0.2) is 0 Å². The molecular weight excluding hydrogens is 364 g/mol. The standard InChI is InChI=1S/C21H23ClN2O3/c22-18-8-6-17(7-9-18)20(25)23-19(16-4-2-1-3-5-16)14-15-10-12-24(13-11-15)21(26)27/h1-9,15,19H,10-14H2,(H,23,25)(H,26,27). The minimum atomic E-state index is -0.857. The summed E-state index contributed by atoms with van der Waals surface area (Å²) in [5.41, 5.74) is 1.63. The van der Waals surface area contributed by atoms with Crippen LogP contribution in [0.25, 0.3) is 0 Å². The van der Waals surface area contributed by atoms with Crippen LogP contribution in [0.15, 0.2) is 54.6 Å². The summed E-state index contributed by atoms with van der Waals surface area (Å²) >= 11 is 5.90. The van der Waals surface area contributed by atoms with Gasteiger partial charge in [-0.05, 0) is 55.0 Å². The van der Waals surface area contributed by atoms with E-state index < -0.39 is 6.09 Å². The zero-order valence-electron chi connectivity index (χ0n) is 15.0. The van der Waals surface area contributed by atoms with E-state index in [4.69, 9.17) is 16.7 Å². The molecule has 2 N–H and O–H groups in total. The van der Waals surface area contributed by atoms with Crippen molar-refractivity contribution in [3.05, 3.63) is 70.7 Å². The number of nitrogens with one attached hydrogen (secondary N) is 1. The minimum Gasteiger partial charge on any atom is -0.465 e. The maximum absolute atomic E-state index is 12.7. The first-order valence-electron chi connectivity index (χ1n) is 9.12. The second kappa shape index (κ2) is 8.91. The molecule has 3 rings (SSSR count). The second-order valence-electron chi connectivity index (χ2n) is 6.89. The number of carboxylic acid groups (broad SMARTS) is 1. The molecular formula is C21H23ClN2O3. The van der Waals surface area contributed by atoms with Gasteiger partial charge in [-0.25, -0.2) is 4.79 Å². The van der Waals surface area contributed by atoms with Crippen molar-refractivity contribution in [1.82, 2.24) is 10.2 Å². The quantitative estimate of drug-likeness (QED) is 0.789. The van der Waals surface area contributed by atoms with E-state index >= 15 is 0 Å². The fraction of sp³-hybridized carbons (Fsp3) is 0.333. The van der Waals surface area contributed by atoms with E-state index in [-0.39, 0.29) is 11.9 Å². The van der Waals surface area contributed by atoms with E-state index in [2.05, 4.69) is 5.32 Å². The number of halogens is 1. The van der Waals surface area contributed by atoms with Gasteiger partial charge in [0, 0.05) is 23.7 Å². The van der Waals surface area contributed by atoms with Gasteiger partial charge in [-0.1, -0.05) is 41.9 Å². The van der Waals surface area contributed by atoms with Gasteiger partial charge >= 0.3 is 6.09 Å². The Kier molecular flexibility index (Phi) is 6.35. The van der Waals surface area contributed by atoms with Crippen LogP contribution in [0.3, 0.4) is 0 Å². The van der Waals surface area contributed by atoms with Crippen molar-refractivity contribution in [2.75, 3.05) is 13.1 Å². The first kappa shape index (κ1) is 19.2. The fourth-order valence-corrected chi connectivity index (χ4v) is 3.63. The summed E-state index contributed by atoms with van der Waals surface area (Å²) < 4.78 is 0. The number of hydrogen-bond acceptors (Lipinski definition) is 2. The van der Waals surface area contributed by atoms with Crippen molar-refractivity contribution in [1.29, 1.82) is 0 Å². The highest BCUT2D eigenvalue weighted by Gasteiger charge is 2.26. The maximum atomic E-state index is 12.7. The van der Waals surface area contributed by atoms with Crippen LogP contribution in [-0.4, -0.2) is 35.1 Å². The lowest BCUT2D eigenvalue weighted by Gasteiger charge is -2.32. The Morgan fingerprint density at radius 2 is 1.70 bits per heavy atom. The molecule has 2 aromatic carbocycles. The molecule has 0 saturated carbocycles. The third-order valence-electron chi connectivity index (χ3n) is 5.07. The van der Waals surface area contributed by atoms with Crippen LogP contribution in [0.4, 0.5) is 4.79 Å². The lowest BCUT2D eigenvalue weighted by molar-refractivity contribution is 0.0922. The molecule has 142 valence electrons. The molecule has 0 bridgehead atoms. The van der Waals surface area contributed by atoms with E-state index in [1.54, 1.807) is 24.3 Å². The van der Waals surface area contributed by atoms with Crippen LogP contribution < -0.4 is 5.32 Å². The lowest BCUT2D eigenvalue weighted by atomic mass is 9.87. The van der Waals surface area contributed by atoms with Gasteiger partial charge in [-0.2, -0.15) is 0 Å². The Morgan fingerprint density at radius 1 is 1.07 bits per heavy atom. The number of likely N-dealkylation sites (tertiary alicyclic amines) is 1. The van der Waals surface area contributed by atoms with Crippen LogP contribution in [-0.2, 0) is 0 Å². The summed E-state index contributed by atoms with van der Waals surface area (Å²) in [7, 11) is 0. The highest BCUT2D eigenvalue weighted by molar-refractivity contribution is 6.30. The van der Waals surface area contributed by atoms with Crippen LogP contribution in [0.1, 0.15) is 41.2 Å². The average Bonchev–Trinajstić information content (AvgIpc) is 2.69. The van der Waals surface area contributed by atoms with Crippen LogP contribution in [0.5, 0.6) is 0 Å². The fourth-order valence-electron chi connectivity index (χ4n) is 3.50. The Labute approximate surface area is 163 Å². The molecule has 0 radical (unpaired) electrons. The van der Waals surface area contributed by atoms with Crippen molar-refractivity contribution in [3.63, 3.8) is 0 Å². The molecule has 2 amide bonds. The SMILES string of the molecule is O=C(NC(CC1CCN(C(=O)O)CC1)c1ccccc1)c1ccc(Cl)cc1. The van der Waals surface area contributed by atoms with Gasteiger partial charge in [-0.3, -0.25) is 4.79 Å². The number of amides is 2. The molecule has 0 aliphatic carbocycles. The third kappa shape index (κ3) is 5.23. The Balaban J connectivity index is 1.69. The van der Waals surface area contributed by atoms with Crippen molar-refractivity contribution in [2.24, 2.45) is 5.92 Å². The molecule has 1 saturated heterocycles. The molecule has 1 aliphatic heterocycles. The van der Waals surface area contributed by atoms with E-state index in [0.717, 1.165) is 24.8 Å². The largest absolute Gasteiger partial charge is 0.465 e. The smallest absolute Gasteiger partial charge is 0.407 e. The van der Waals surface area contributed by atoms with Crippen molar-refractivity contribution in [3.8, 4) is 0 Å². The number of piperidine rings is 1. The molecule has 2 aromatic rings. The van der Waals surface area contributed by atoms with Crippen molar-refractivity contribution >= 4 is 23.6 Å². The first-order chi connectivity index (χ1) is 13.0. The van der Waals surface area contributed by atoms with Gasteiger partial charge in [0.05, 0.1) is 6.04 Å².